The summed E-state index contributed by atoms with van der Waals surface area (Å²) in [4.78, 5) is 10.3. The van der Waals surface area contributed by atoms with Gasteiger partial charge in [-0.15, -0.1) is 0 Å². The highest BCUT2D eigenvalue weighted by molar-refractivity contribution is 6.36. The second kappa shape index (κ2) is 10.1. The van der Waals surface area contributed by atoms with Crippen LogP contribution in [-0.2, 0) is 0 Å². The van der Waals surface area contributed by atoms with Gasteiger partial charge in [0.2, 0.25) is 0 Å². The lowest BCUT2D eigenvalue weighted by Crippen LogP contribution is -1.98. The van der Waals surface area contributed by atoms with Crippen molar-refractivity contribution < 1.29 is 0 Å². The summed E-state index contributed by atoms with van der Waals surface area (Å²) in [5.41, 5.74) is 7.41. The molecule has 2 aromatic heterocycles. The van der Waals surface area contributed by atoms with Gasteiger partial charge in [-0.05, 0) is 51.2 Å². The van der Waals surface area contributed by atoms with Gasteiger partial charge in [0, 0.05) is 38.4 Å². The monoisotopic (exact) mass is 597 g/mol. The molecule has 0 aliphatic heterocycles. The normalized spacial score (nSPS) is 11.8. The fourth-order valence-corrected chi connectivity index (χ4v) is 7.52. The lowest BCUT2D eigenvalue weighted by atomic mass is 9.93. The van der Waals surface area contributed by atoms with Crippen molar-refractivity contribution >= 4 is 65.0 Å². The fourth-order valence-electron chi connectivity index (χ4n) is 7.52. The van der Waals surface area contributed by atoms with Gasteiger partial charge < -0.3 is 4.57 Å². The standard InChI is InChI=1S/C44H27N3/c1-2-14-29(15-3-1)42-35-21-8-10-23-38(35)45-44(46-42)30-16-12-17-31(27-30)47-39-24-11-9-22-36(39)41-34-20-7-6-19-33(34)40-32-18-5-4-13-28(32)25-26-37(40)43(41)47/h1-27H. The van der Waals surface area contributed by atoms with Crippen LogP contribution in [0.25, 0.3) is 93.4 Å². The molecule has 8 aromatic carbocycles. The number of hydrogen-bond acceptors (Lipinski definition) is 2. The Balaban J connectivity index is 1.30. The summed E-state index contributed by atoms with van der Waals surface area (Å²) in [6.45, 7) is 0. The summed E-state index contributed by atoms with van der Waals surface area (Å²) in [5, 5.41) is 11.2. The van der Waals surface area contributed by atoms with Gasteiger partial charge in [0.25, 0.3) is 0 Å². The molecule has 10 aromatic rings. The summed E-state index contributed by atoms with van der Waals surface area (Å²) in [5.74, 6) is 0.714. The first-order valence-corrected chi connectivity index (χ1v) is 16.0. The molecule has 0 amide bonds. The van der Waals surface area contributed by atoms with Crippen LogP contribution in [-0.4, -0.2) is 14.5 Å². The number of para-hydroxylation sites is 2. The molecule has 0 N–H and O–H groups in total. The van der Waals surface area contributed by atoms with E-state index in [1.54, 1.807) is 0 Å². The molecule has 0 spiro atoms. The predicted octanol–water partition coefficient (Wildman–Crippen LogP) is 11.5. The topological polar surface area (TPSA) is 30.7 Å². The van der Waals surface area contributed by atoms with E-state index in [4.69, 9.17) is 9.97 Å². The maximum Gasteiger partial charge on any atom is 0.160 e. The average Bonchev–Trinajstić information content (AvgIpc) is 3.50. The van der Waals surface area contributed by atoms with Crippen LogP contribution in [0.1, 0.15) is 0 Å². The van der Waals surface area contributed by atoms with Crippen LogP contribution in [0, 0.1) is 0 Å². The van der Waals surface area contributed by atoms with Gasteiger partial charge in [-0.1, -0.05) is 140 Å². The molecule has 0 aliphatic rings. The lowest BCUT2D eigenvalue weighted by Gasteiger charge is -2.15. The molecule has 2 heterocycles. The van der Waals surface area contributed by atoms with E-state index >= 15 is 0 Å². The molecule has 3 nitrogen and oxygen atoms in total. The minimum atomic E-state index is 0.714. The molecule has 0 saturated carbocycles. The van der Waals surface area contributed by atoms with E-state index in [0.717, 1.165) is 33.4 Å². The molecular formula is C44H27N3. The molecule has 10 rings (SSSR count). The largest absolute Gasteiger partial charge is 0.309 e. The minimum absolute atomic E-state index is 0.714. The number of rotatable bonds is 3. The van der Waals surface area contributed by atoms with E-state index < -0.39 is 0 Å². The van der Waals surface area contributed by atoms with Crippen LogP contribution in [0.15, 0.2) is 164 Å². The van der Waals surface area contributed by atoms with Gasteiger partial charge in [-0.2, -0.15) is 0 Å². The van der Waals surface area contributed by atoms with Gasteiger partial charge in [0.15, 0.2) is 5.82 Å². The van der Waals surface area contributed by atoms with Gasteiger partial charge in [0.1, 0.15) is 0 Å². The maximum absolute atomic E-state index is 5.19. The van der Waals surface area contributed by atoms with Crippen LogP contribution in [0.5, 0.6) is 0 Å². The molecular weight excluding hydrogens is 571 g/mol. The fraction of sp³-hybridized carbons (Fsp3) is 0. The predicted molar refractivity (Wildman–Crippen MR) is 197 cm³/mol. The SMILES string of the molecule is c1ccc(-c2nc(-c3cccc(-n4c5ccccc5c5c6ccccc6c6c7ccccc7ccc6c54)c3)nc3ccccc23)cc1. The van der Waals surface area contributed by atoms with Crippen molar-refractivity contribution in [2.24, 2.45) is 0 Å². The summed E-state index contributed by atoms with van der Waals surface area (Å²) < 4.78 is 2.44. The molecule has 0 aliphatic carbocycles. The van der Waals surface area contributed by atoms with Crippen molar-refractivity contribution in [3.8, 4) is 28.3 Å². The van der Waals surface area contributed by atoms with Crippen LogP contribution in [0.4, 0.5) is 0 Å². The van der Waals surface area contributed by atoms with Crippen molar-refractivity contribution in [2.45, 2.75) is 0 Å². The first-order valence-electron chi connectivity index (χ1n) is 16.0. The molecule has 47 heavy (non-hydrogen) atoms. The number of nitrogens with zero attached hydrogens (tertiary/aromatic N) is 3. The Labute approximate surface area is 271 Å². The van der Waals surface area contributed by atoms with Gasteiger partial charge >= 0.3 is 0 Å². The van der Waals surface area contributed by atoms with Crippen LogP contribution in [0.2, 0.25) is 0 Å². The number of aromatic nitrogens is 3. The van der Waals surface area contributed by atoms with E-state index in [1.165, 1.54) is 54.1 Å². The summed E-state index contributed by atoms with van der Waals surface area (Å²) in [6, 6.07) is 58.3. The highest BCUT2D eigenvalue weighted by Crippen LogP contribution is 2.44. The summed E-state index contributed by atoms with van der Waals surface area (Å²) >= 11 is 0. The Kier molecular flexibility index (Phi) is 5.57. The molecule has 0 unspecified atom stereocenters. The quantitative estimate of drug-likeness (QED) is 0.190. The third kappa shape index (κ3) is 3.87. The Morgan fingerprint density at radius 2 is 1.06 bits per heavy atom. The minimum Gasteiger partial charge on any atom is -0.309 e. The average molecular weight is 598 g/mol. The summed E-state index contributed by atoms with van der Waals surface area (Å²) in [6.07, 6.45) is 0. The second-order valence-corrected chi connectivity index (χ2v) is 12.2. The zero-order chi connectivity index (χ0) is 30.9. The van der Waals surface area contributed by atoms with E-state index in [-0.39, 0.29) is 0 Å². The molecule has 0 bridgehead atoms. The Morgan fingerprint density at radius 1 is 0.404 bits per heavy atom. The van der Waals surface area contributed by atoms with Crippen molar-refractivity contribution in [1.82, 2.24) is 14.5 Å². The zero-order valence-electron chi connectivity index (χ0n) is 25.4. The van der Waals surface area contributed by atoms with Crippen molar-refractivity contribution in [3.63, 3.8) is 0 Å². The highest BCUT2D eigenvalue weighted by Gasteiger charge is 2.20. The molecule has 218 valence electrons. The molecule has 0 saturated heterocycles. The van der Waals surface area contributed by atoms with E-state index in [1.807, 2.05) is 12.1 Å². The Morgan fingerprint density at radius 3 is 1.91 bits per heavy atom. The van der Waals surface area contributed by atoms with E-state index in [0.29, 0.717) is 5.82 Å². The van der Waals surface area contributed by atoms with Crippen LogP contribution >= 0.6 is 0 Å². The zero-order valence-corrected chi connectivity index (χ0v) is 25.4. The van der Waals surface area contributed by atoms with Gasteiger partial charge in [0.05, 0.1) is 22.2 Å². The molecule has 0 radical (unpaired) electrons. The molecule has 0 fully saturated rings. The number of fused-ring (bicyclic) bond motifs is 11. The smallest absolute Gasteiger partial charge is 0.160 e. The maximum atomic E-state index is 5.19. The highest BCUT2D eigenvalue weighted by atomic mass is 15.0. The summed E-state index contributed by atoms with van der Waals surface area (Å²) in [7, 11) is 0. The van der Waals surface area contributed by atoms with Gasteiger partial charge in [-0.3, -0.25) is 0 Å². The van der Waals surface area contributed by atoms with E-state index in [9.17, 15) is 0 Å². The van der Waals surface area contributed by atoms with E-state index in [2.05, 4.69) is 156 Å². The number of benzene rings is 8. The van der Waals surface area contributed by atoms with Crippen molar-refractivity contribution in [2.75, 3.05) is 0 Å². The lowest BCUT2D eigenvalue weighted by molar-refractivity contribution is 1.17. The van der Waals surface area contributed by atoms with Crippen molar-refractivity contribution in [1.29, 1.82) is 0 Å². The molecule has 3 heteroatoms. The first-order chi connectivity index (χ1) is 23.3. The Bertz CT molecular complexity index is 2850. The third-order valence-corrected chi connectivity index (χ3v) is 9.54. The van der Waals surface area contributed by atoms with Crippen LogP contribution in [0.3, 0.4) is 0 Å². The molecule has 0 atom stereocenters. The Hall–Kier alpha value is -6.32. The second-order valence-electron chi connectivity index (χ2n) is 12.2. The first kappa shape index (κ1) is 26.0. The third-order valence-electron chi connectivity index (χ3n) is 9.54. The van der Waals surface area contributed by atoms with Crippen LogP contribution < -0.4 is 0 Å². The van der Waals surface area contributed by atoms with Gasteiger partial charge in [-0.25, -0.2) is 9.97 Å². The van der Waals surface area contributed by atoms with Crippen molar-refractivity contribution in [3.05, 3.63) is 164 Å². The number of hydrogen-bond donors (Lipinski definition) is 0.